The number of carbonyl (C=O) groups is 2. The molecule has 5 nitrogen and oxygen atoms in total. The van der Waals surface area contributed by atoms with Gasteiger partial charge in [-0.1, -0.05) is 41.7 Å². The highest BCUT2D eigenvalue weighted by molar-refractivity contribution is 7.99. The fourth-order valence-corrected chi connectivity index (χ4v) is 4.43. The number of fused-ring (bicyclic) bond motifs is 1. The second kappa shape index (κ2) is 9.66. The van der Waals surface area contributed by atoms with E-state index in [-0.39, 0.29) is 30.6 Å². The van der Waals surface area contributed by atoms with Crippen LogP contribution in [0.25, 0.3) is 10.2 Å². The van der Waals surface area contributed by atoms with Gasteiger partial charge in [-0.2, -0.15) is 4.99 Å². The minimum Gasteiger partial charge on any atom is -0.465 e. The zero-order valence-electron chi connectivity index (χ0n) is 15.3. The first kappa shape index (κ1) is 20.3. The molecule has 1 aromatic heterocycles. The number of hydrogen-bond acceptors (Lipinski definition) is 5. The van der Waals surface area contributed by atoms with Crippen molar-refractivity contribution in [1.82, 2.24) is 4.57 Å². The molecular formula is C20H19FN2O3S2. The maximum Gasteiger partial charge on any atom is 0.326 e. The van der Waals surface area contributed by atoms with Crippen LogP contribution in [0.3, 0.4) is 0 Å². The van der Waals surface area contributed by atoms with Crippen molar-refractivity contribution in [2.45, 2.75) is 19.2 Å². The summed E-state index contributed by atoms with van der Waals surface area (Å²) in [7, 11) is 0. The monoisotopic (exact) mass is 418 g/mol. The van der Waals surface area contributed by atoms with E-state index in [1.54, 1.807) is 17.6 Å². The van der Waals surface area contributed by atoms with Crippen LogP contribution >= 0.6 is 23.1 Å². The van der Waals surface area contributed by atoms with Gasteiger partial charge in [0.15, 0.2) is 4.80 Å². The summed E-state index contributed by atoms with van der Waals surface area (Å²) in [5, 5.41) is 0. The zero-order valence-corrected chi connectivity index (χ0v) is 16.9. The highest BCUT2D eigenvalue weighted by atomic mass is 32.2. The fourth-order valence-electron chi connectivity index (χ4n) is 2.59. The van der Waals surface area contributed by atoms with Gasteiger partial charge in [0.25, 0.3) is 5.91 Å². The molecule has 0 saturated heterocycles. The van der Waals surface area contributed by atoms with Crippen molar-refractivity contribution in [3.05, 3.63) is 64.7 Å². The summed E-state index contributed by atoms with van der Waals surface area (Å²) in [6, 6.07) is 14.1. The molecule has 0 fully saturated rings. The van der Waals surface area contributed by atoms with Crippen molar-refractivity contribution < 1.29 is 18.7 Å². The van der Waals surface area contributed by atoms with Gasteiger partial charge in [-0.15, -0.1) is 11.8 Å². The Bertz CT molecular complexity index is 1040. The molecule has 0 atom stereocenters. The van der Waals surface area contributed by atoms with E-state index in [1.807, 2.05) is 30.3 Å². The third-order valence-electron chi connectivity index (χ3n) is 3.79. The predicted molar refractivity (Wildman–Crippen MR) is 110 cm³/mol. The van der Waals surface area contributed by atoms with Crippen LogP contribution in [-0.4, -0.2) is 28.8 Å². The predicted octanol–water partition coefficient (Wildman–Crippen LogP) is 3.77. The number of carbonyl (C=O) groups excluding carboxylic acids is 2. The number of benzene rings is 2. The Balaban J connectivity index is 1.81. The van der Waals surface area contributed by atoms with E-state index in [0.717, 1.165) is 5.56 Å². The lowest BCUT2D eigenvalue weighted by Crippen LogP contribution is -2.23. The Labute approximate surface area is 169 Å². The molecule has 28 heavy (non-hydrogen) atoms. The molecule has 1 amide bonds. The van der Waals surface area contributed by atoms with Gasteiger partial charge in [-0.05, 0) is 30.7 Å². The Morgan fingerprint density at radius 1 is 1.21 bits per heavy atom. The van der Waals surface area contributed by atoms with Crippen LogP contribution in [-0.2, 0) is 26.6 Å². The molecule has 3 rings (SSSR count). The Hall–Kier alpha value is -2.45. The maximum atomic E-state index is 13.6. The number of aromatic nitrogens is 1. The minimum atomic E-state index is -0.432. The first-order valence-electron chi connectivity index (χ1n) is 8.70. The number of rotatable bonds is 7. The van der Waals surface area contributed by atoms with Crippen LogP contribution in [0.5, 0.6) is 0 Å². The van der Waals surface area contributed by atoms with Crippen molar-refractivity contribution in [3.63, 3.8) is 0 Å². The zero-order chi connectivity index (χ0) is 19.9. The molecule has 2 aromatic carbocycles. The number of hydrogen-bond donors (Lipinski definition) is 0. The van der Waals surface area contributed by atoms with Gasteiger partial charge >= 0.3 is 5.97 Å². The SMILES string of the molecule is CCOC(=O)Cn1c(=NC(=O)CSCc2ccccc2)sc2cc(F)ccc21. The fraction of sp³-hybridized carbons (Fsp3) is 0.250. The quantitative estimate of drug-likeness (QED) is 0.548. The second-order valence-electron chi connectivity index (χ2n) is 5.87. The third-order valence-corrected chi connectivity index (χ3v) is 5.82. The first-order valence-corrected chi connectivity index (χ1v) is 10.7. The molecule has 0 aliphatic carbocycles. The lowest BCUT2D eigenvalue weighted by atomic mass is 10.2. The standard InChI is InChI=1S/C20H19FN2O3S2/c1-2-26-19(25)11-23-16-9-8-15(21)10-17(16)28-20(23)22-18(24)13-27-12-14-6-4-3-5-7-14/h3-10H,2,11-13H2,1H3. The summed E-state index contributed by atoms with van der Waals surface area (Å²) < 4.78 is 20.8. The molecule has 0 saturated carbocycles. The number of thiazole rings is 1. The molecule has 0 radical (unpaired) electrons. The number of thioether (sulfide) groups is 1. The highest BCUT2D eigenvalue weighted by Gasteiger charge is 2.13. The summed E-state index contributed by atoms with van der Waals surface area (Å²) in [5.74, 6) is -0.183. The molecule has 8 heteroatoms. The Morgan fingerprint density at radius 2 is 2.00 bits per heavy atom. The molecule has 0 aliphatic heterocycles. The Morgan fingerprint density at radius 3 is 2.75 bits per heavy atom. The van der Waals surface area contributed by atoms with Crippen LogP contribution in [0, 0.1) is 5.82 Å². The summed E-state index contributed by atoms with van der Waals surface area (Å²) >= 11 is 2.65. The van der Waals surface area contributed by atoms with Crippen molar-refractivity contribution in [2.75, 3.05) is 12.4 Å². The highest BCUT2D eigenvalue weighted by Crippen LogP contribution is 2.19. The van der Waals surface area contributed by atoms with E-state index in [0.29, 0.717) is 20.8 Å². The number of amides is 1. The number of halogens is 1. The van der Waals surface area contributed by atoms with Gasteiger partial charge in [0, 0.05) is 5.75 Å². The number of nitrogens with zero attached hydrogens (tertiary/aromatic N) is 2. The second-order valence-corrected chi connectivity index (χ2v) is 7.87. The van der Waals surface area contributed by atoms with Crippen molar-refractivity contribution >= 4 is 45.2 Å². The average molecular weight is 419 g/mol. The molecule has 1 heterocycles. The van der Waals surface area contributed by atoms with Crippen molar-refractivity contribution in [3.8, 4) is 0 Å². The molecular weight excluding hydrogens is 399 g/mol. The van der Waals surface area contributed by atoms with Gasteiger partial charge in [0.1, 0.15) is 12.4 Å². The van der Waals surface area contributed by atoms with E-state index >= 15 is 0 Å². The van der Waals surface area contributed by atoms with Gasteiger partial charge < -0.3 is 9.30 Å². The smallest absolute Gasteiger partial charge is 0.326 e. The van der Waals surface area contributed by atoms with Crippen LogP contribution < -0.4 is 4.80 Å². The average Bonchev–Trinajstić information content (AvgIpc) is 2.98. The van der Waals surface area contributed by atoms with Gasteiger partial charge in [-0.25, -0.2) is 4.39 Å². The first-order chi connectivity index (χ1) is 13.6. The molecule has 0 unspecified atom stereocenters. The summed E-state index contributed by atoms with van der Waals surface area (Å²) in [4.78, 5) is 28.8. The summed E-state index contributed by atoms with van der Waals surface area (Å²) in [6.45, 7) is 1.91. The topological polar surface area (TPSA) is 60.7 Å². The normalized spacial score (nSPS) is 11.7. The largest absolute Gasteiger partial charge is 0.465 e. The number of ether oxygens (including phenoxy) is 1. The molecule has 146 valence electrons. The van der Waals surface area contributed by atoms with Crippen molar-refractivity contribution in [2.24, 2.45) is 4.99 Å². The van der Waals surface area contributed by atoms with E-state index in [2.05, 4.69) is 4.99 Å². The van der Waals surface area contributed by atoms with E-state index < -0.39 is 5.97 Å². The van der Waals surface area contributed by atoms with E-state index in [1.165, 1.54) is 35.2 Å². The third kappa shape index (κ3) is 5.30. The van der Waals surface area contributed by atoms with Crippen molar-refractivity contribution in [1.29, 1.82) is 0 Å². The molecule has 0 aliphatic rings. The summed E-state index contributed by atoms with van der Waals surface area (Å²) in [5.41, 5.74) is 1.78. The summed E-state index contributed by atoms with van der Waals surface area (Å²) in [6.07, 6.45) is 0. The Kier molecular flexibility index (Phi) is 7.00. The molecule has 0 bridgehead atoms. The minimum absolute atomic E-state index is 0.0806. The molecule has 3 aromatic rings. The lowest BCUT2D eigenvalue weighted by Gasteiger charge is -2.05. The maximum absolute atomic E-state index is 13.6. The lowest BCUT2D eigenvalue weighted by molar-refractivity contribution is -0.143. The molecule has 0 spiro atoms. The number of esters is 1. The van der Waals surface area contributed by atoms with Crippen LogP contribution in [0.2, 0.25) is 0 Å². The van der Waals surface area contributed by atoms with E-state index in [9.17, 15) is 14.0 Å². The van der Waals surface area contributed by atoms with Crippen LogP contribution in [0.4, 0.5) is 4.39 Å². The van der Waals surface area contributed by atoms with Gasteiger partial charge in [0.05, 0.1) is 22.6 Å². The molecule has 0 N–H and O–H groups in total. The van der Waals surface area contributed by atoms with Crippen LogP contribution in [0.15, 0.2) is 53.5 Å². The van der Waals surface area contributed by atoms with Gasteiger partial charge in [-0.3, -0.25) is 9.59 Å². The van der Waals surface area contributed by atoms with Crippen LogP contribution in [0.1, 0.15) is 12.5 Å². The van der Waals surface area contributed by atoms with Gasteiger partial charge in [0.2, 0.25) is 0 Å². The van der Waals surface area contributed by atoms with E-state index in [4.69, 9.17) is 4.74 Å².